The SMILES string of the molecule is CCCCC(F)(F)C(=O)CC=C1CCC(OC(C)=O)C1CCCCCCC(=O)OC. The van der Waals surface area contributed by atoms with Crippen molar-refractivity contribution in [3.05, 3.63) is 11.6 Å². The van der Waals surface area contributed by atoms with Crippen LogP contribution in [0.1, 0.15) is 90.9 Å². The highest BCUT2D eigenvalue weighted by atomic mass is 19.3. The molecule has 0 N–H and O–H groups in total. The Kier molecular flexibility index (Phi) is 11.8. The topological polar surface area (TPSA) is 69.7 Å². The molecule has 0 saturated heterocycles. The summed E-state index contributed by atoms with van der Waals surface area (Å²) in [6.45, 7) is 3.18. The minimum absolute atomic E-state index is 0.0356. The summed E-state index contributed by atoms with van der Waals surface area (Å²) in [6, 6.07) is 0. The maximum absolute atomic E-state index is 13.9. The molecule has 2 atom stereocenters. The molecule has 0 aromatic heterocycles. The van der Waals surface area contributed by atoms with E-state index >= 15 is 0 Å². The van der Waals surface area contributed by atoms with Crippen LogP contribution >= 0.6 is 0 Å². The number of carbonyl (C=O) groups is 3. The summed E-state index contributed by atoms with van der Waals surface area (Å²) in [6.07, 6.45) is 7.53. The van der Waals surface area contributed by atoms with Crippen molar-refractivity contribution < 1.29 is 32.6 Å². The maximum Gasteiger partial charge on any atom is 0.305 e. The Bertz CT molecular complexity index is 600. The number of alkyl halides is 2. The lowest BCUT2D eigenvalue weighted by molar-refractivity contribution is -0.148. The van der Waals surface area contributed by atoms with E-state index in [1.165, 1.54) is 14.0 Å². The smallest absolute Gasteiger partial charge is 0.305 e. The number of methoxy groups -OCH3 is 1. The first-order valence-corrected chi connectivity index (χ1v) is 11.0. The molecule has 0 aromatic carbocycles. The van der Waals surface area contributed by atoms with E-state index in [4.69, 9.17) is 4.74 Å². The van der Waals surface area contributed by atoms with Gasteiger partial charge < -0.3 is 9.47 Å². The van der Waals surface area contributed by atoms with Crippen LogP contribution in [0.4, 0.5) is 8.78 Å². The molecule has 0 heterocycles. The highest BCUT2D eigenvalue weighted by Crippen LogP contribution is 2.38. The molecule has 0 aromatic rings. The minimum Gasteiger partial charge on any atom is -0.469 e. The highest BCUT2D eigenvalue weighted by molar-refractivity contribution is 5.86. The number of hydrogen-bond donors (Lipinski definition) is 0. The maximum atomic E-state index is 13.9. The van der Waals surface area contributed by atoms with Crippen molar-refractivity contribution in [3.63, 3.8) is 0 Å². The molecule has 1 rings (SSSR count). The van der Waals surface area contributed by atoms with Crippen molar-refractivity contribution in [2.24, 2.45) is 5.92 Å². The fourth-order valence-corrected chi connectivity index (χ4v) is 3.91. The zero-order chi connectivity index (χ0) is 22.6. The van der Waals surface area contributed by atoms with Gasteiger partial charge in [-0.1, -0.05) is 44.3 Å². The standard InChI is InChI=1S/C23H36F2O5/c1-4-5-16-23(24,25)21(27)15-13-18-12-14-20(30-17(2)26)19(18)10-8-6-7-9-11-22(28)29-3/h13,19-20H,4-12,14-16H2,1-3H3. The second-order valence-electron chi connectivity index (χ2n) is 8.04. The van der Waals surface area contributed by atoms with Gasteiger partial charge in [0.05, 0.1) is 7.11 Å². The van der Waals surface area contributed by atoms with Crippen LogP contribution in [0.3, 0.4) is 0 Å². The van der Waals surface area contributed by atoms with Crippen molar-refractivity contribution in [1.29, 1.82) is 0 Å². The summed E-state index contributed by atoms with van der Waals surface area (Å²) < 4.78 is 37.9. The average molecular weight is 431 g/mol. The van der Waals surface area contributed by atoms with E-state index in [1.807, 2.05) is 6.92 Å². The average Bonchev–Trinajstić information content (AvgIpc) is 3.07. The summed E-state index contributed by atoms with van der Waals surface area (Å²) in [5, 5.41) is 0. The lowest BCUT2D eigenvalue weighted by Gasteiger charge is -2.21. The van der Waals surface area contributed by atoms with Crippen molar-refractivity contribution in [2.75, 3.05) is 7.11 Å². The molecular weight excluding hydrogens is 394 g/mol. The number of hydrogen-bond acceptors (Lipinski definition) is 5. The van der Waals surface area contributed by atoms with Gasteiger partial charge in [-0.05, 0) is 32.1 Å². The molecule has 1 fully saturated rings. The van der Waals surface area contributed by atoms with Gasteiger partial charge in [-0.25, -0.2) is 0 Å². The molecule has 172 valence electrons. The first-order chi connectivity index (χ1) is 14.2. The molecule has 2 unspecified atom stereocenters. The van der Waals surface area contributed by atoms with Gasteiger partial charge in [0.25, 0.3) is 0 Å². The molecule has 0 bridgehead atoms. The Hall–Kier alpha value is -1.79. The van der Waals surface area contributed by atoms with Gasteiger partial charge in [0.15, 0.2) is 0 Å². The van der Waals surface area contributed by atoms with Crippen LogP contribution in [-0.2, 0) is 23.9 Å². The van der Waals surface area contributed by atoms with Gasteiger partial charge in [0, 0.05) is 32.1 Å². The lowest BCUT2D eigenvalue weighted by atomic mass is 9.92. The number of esters is 2. The normalized spacial score (nSPS) is 20.4. The van der Waals surface area contributed by atoms with Crippen molar-refractivity contribution >= 4 is 17.7 Å². The molecule has 7 heteroatoms. The number of carbonyl (C=O) groups excluding carboxylic acids is 3. The second-order valence-corrected chi connectivity index (χ2v) is 8.04. The van der Waals surface area contributed by atoms with Crippen molar-refractivity contribution in [3.8, 4) is 0 Å². The highest BCUT2D eigenvalue weighted by Gasteiger charge is 2.38. The summed E-state index contributed by atoms with van der Waals surface area (Å²) >= 11 is 0. The Morgan fingerprint density at radius 3 is 2.47 bits per heavy atom. The quantitative estimate of drug-likeness (QED) is 0.205. The molecule has 0 radical (unpaired) electrons. The number of allylic oxidation sites excluding steroid dienone is 1. The van der Waals surface area contributed by atoms with Gasteiger partial charge in [0.1, 0.15) is 6.10 Å². The predicted octanol–water partition coefficient (Wildman–Crippen LogP) is 5.55. The van der Waals surface area contributed by atoms with E-state index in [0.29, 0.717) is 32.1 Å². The number of rotatable bonds is 14. The van der Waals surface area contributed by atoms with E-state index in [2.05, 4.69) is 4.74 Å². The first-order valence-electron chi connectivity index (χ1n) is 11.0. The molecule has 0 spiro atoms. The van der Waals surface area contributed by atoms with E-state index in [-0.39, 0.29) is 30.4 Å². The first kappa shape index (κ1) is 26.2. The number of Topliss-reactive ketones (excluding diaryl/α,β-unsaturated/α-hetero) is 1. The Morgan fingerprint density at radius 2 is 1.83 bits per heavy atom. The van der Waals surface area contributed by atoms with Crippen LogP contribution in [0.2, 0.25) is 0 Å². The van der Waals surface area contributed by atoms with E-state index in [9.17, 15) is 23.2 Å². The molecule has 5 nitrogen and oxygen atoms in total. The lowest BCUT2D eigenvalue weighted by Crippen LogP contribution is -2.28. The van der Waals surface area contributed by atoms with Gasteiger partial charge in [0.2, 0.25) is 5.78 Å². The van der Waals surface area contributed by atoms with Gasteiger partial charge in [-0.3, -0.25) is 14.4 Å². The van der Waals surface area contributed by atoms with Crippen LogP contribution in [0.25, 0.3) is 0 Å². The number of ketones is 1. The van der Waals surface area contributed by atoms with Crippen molar-refractivity contribution in [1.82, 2.24) is 0 Å². The number of halogens is 2. The molecule has 1 saturated carbocycles. The zero-order valence-corrected chi connectivity index (χ0v) is 18.5. The molecule has 30 heavy (non-hydrogen) atoms. The molecule has 1 aliphatic carbocycles. The largest absolute Gasteiger partial charge is 0.469 e. The predicted molar refractivity (Wildman–Crippen MR) is 110 cm³/mol. The molecule has 1 aliphatic rings. The number of unbranched alkanes of at least 4 members (excludes halogenated alkanes) is 4. The second kappa shape index (κ2) is 13.5. The summed E-state index contributed by atoms with van der Waals surface area (Å²) in [5.41, 5.74) is 0.940. The van der Waals surface area contributed by atoms with Gasteiger partial charge in [-0.2, -0.15) is 8.78 Å². The fourth-order valence-electron chi connectivity index (χ4n) is 3.91. The van der Waals surface area contributed by atoms with E-state index < -0.39 is 18.1 Å². The Balaban J connectivity index is 2.62. The summed E-state index contributed by atoms with van der Waals surface area (Å²) in [7, 11) is 1.37. The van der Waals surface area contributed by atoms with Gasteiger partial charge >= 0.3 is 17.9 Å². The molecule has 0 aliphatic heterocycles. The van der Waals surface area contributed by atoms with Gasteiger partial charge in [-0.15, -0.1) is 0 Å². The Labute approximate surface area is 178 Å². The van der Waals surface area contributed by atoms with Crippen LogP contribution in [0, 0.1) is 5.92 Å². The van der Waals surface area contributed by atoms with Crippen LogP contribution in [-0.4, -0.2) is 36.9 Å². The number of ether oxygens (including phenoxy) is 2. The van der Waals surface area contributed by atoms with E-state index in [0.717, 1.165) is 37.7 Å². The summed E-state index contributed by atoms with van der Waals surface area (Å²) in [4.78, 5) is 34.5. The fraction of sp³-hybridized carbons (Fsp3) is 0.783. The summed E-state index contributed by atoms with van der Waals surface area (Å²) in [5.74, 6) is -4.93. The Morgan fingerprint density at radius 1 is 1.13 bits per heavy atom. The third-order valence-electron chi connectivity index (χ3n) is 5.64. The third kappa shape index (κ3) is 9.35. The molecular formula is C23H36F2O5. The molecule has 0 amide bonds. The monoisotopic (exact) mass is 430 g/mol. The van der Waals surface area contributed by atoms with Crippen LogP contribution in [0.5, 0.6) is 0 Å². The van der Waals surface area contributed by atoms with E-state index in [1.54, 1.807) is 6.08 Å². The third-order valence-corrected chi connectivity index (χ3v) is 5.64. The zero-order valence-electron chi connectivity index (χ0n) is 18.5. The van der Waals surface area contributed by atoms with Crippen molar-refractivity contribution in [2.45, 2.75) is 103 Å². The van der Waals surface area contributed by atoms with Crippen LogP contribution < -0.4 is 0 Å². The minimum atomic E-state index is -3.28. The van der Waals surface area contributed by atoms with Crippen LogP contribution in [0.15, 0.2) is 11.6 Å².